The van der Waals surface area contributed by atoms with Gasteiger partial charge < -0.3 is 11.1 Å². The van der Waals surface area contributed by atoms with Gasteiger partial charge in [-0.05, 0) is 54.2 Å². The van der Waals surface area contributed by atoms with Crippen molar-refractivity contribution in [1.82, 2.24) is 0 Å². The van der Waals surface area contributed by atoms with Crippen LogP contribution >= 0.6 is 23.5 Å². The molecule has 0 radical (unpaired) electrons. The number of thioether (sulfide) groups is 2. The van der Waals surface area contributed by atoms with Gasteiger partial charge in [0.1, 0.15) is 0 Å². The Balaban J connectivity index is 1.93. The lowest BCUT2D eigenvalue weighted by molar-refractivity contribution is 0.00433. The number of sulfone groups is 2. The highest BCUT2D eigenvalue weighted by Crippen LogP contribution is 2.21. The summed E-state index contributed by atoms with van der Waals surface area (Å²) in [7, 11) is -7.84. The van der Waals surface area contributed by atoms with Gasteiger partial charge in [-0.1, -0.05) is 36.4 Å². The van der Waals surface area contributed by atoms with Crippen LogP contribution in [0.25, 0.3) is 11.1 Å². The average Bonchev–Trinajstić information content (AvgIpc) is 2.74. The Morgan fingerprint density at radius 3 is 1.34 bits per heavy atom. The van der Waals surface area contributed by atoms with Crippen LogP contribution in [0.3, 0.4) is 0 Å². The molecule has 8 nitrogen and oxygen atoms in total. The lowest BCUT2D eigenvalue weighted by Gasteiger charge is -2.01. The second kappa shape index (κ2) is 10.5. The monoisotopic (exact) mass is 468 g/mol. The van der Waals surface area contributed by atoms with E-state index in [4.69, 9.17) is 11.1 Å². The molecule has 0 aromatic heterocycles. The van der Waals surface area contributed by atoms with E-state index in [9.17, 15) is 16.8 Å². The highest BCUT2D eigenvalue weighted by molar-refractivity contribution is 8.35. The van der Waals surface area contributed by atoms with Crippen LogP contribution in [0.2, 0.25) is 0 Å². The molecule has 0 saturated carbocycles. The minimum Gasteiger partial charge on any atom is -0.359 e. The Labute approximate surface area is 177 Å². The van der Waals surface area contributed by atoms with Crippen molar-refractivity contribution in [2.75, 3.05) is 11.5 Å². The van der Waals surface area contributed by atoms with Gasteiger partial charge in [-0.2, -0.15) is 0 Å². The first-order valence-corrected chi connectivity index (χ1v) is 13.1. The number of hydrogen-bond donors (Lipinski definition) is 0. The van der Waals surface area contributed by atoms with Gasteiger partial charge in [-0.15, -0.1) is 9.58 Å². The summed E-state index contributed by atoms with van der Waals surface area (Å²) in [6.07, 6.45) is 0.377. The Morgan fingerprint density at radius 2 is 1.03 bits per heavy atom. The molecule has 0 spiro atoms. The van der Waals surface area contributed by atoms with Crippen molar-refractivity contribution in [1.29, 1.82) is 0 Å². The van der Waals surface area contributed by atoms with E-state index >= 15 is 0 Å². The smallest absolute Gasteiger partial charge is 0.359 e. The van der Waals surface area contributed by atoms with Crippen molar-refractivity contribution >= 4 is 51.9 Å². The molecule has 2 aromatic rings. The van der Waals surface area contributed by atoms with Gasteiger partial charge in [0.2, 0.25) is 0 Å². The summed E-state index contributed by atoms with van der Waals surface area (Å²) in [6, 6.07) is 15.2. The molecule has 29 heavy (non-hydrogen) atoms. The van der Waals surface area contributed by atoms with Crippen molar-refractivity contribution in [3.8, 4) is 0 Å². The topological polar surface area (TPSA) is 141 Å². The Bertz CT molecular complexity index is 1060. The van der Waals surface area contributed by atoms with E-state index in [0.717, 1.165) is 23.5 Å². The van der Waals surface area contributed by atoms with Gasteiger partial charge >= 0.3 is 8.75 Å². The number of nitrogens with zero attached hydrogens (tertiary/aromatic N) is 4. The second-order valence-corrected chi connectivity index (χ2v) is 11.8. The fourth-order valence-corrected chi connectivity index (χ4v) is 7.29. The summed E-state index contributed by atoms with van der Waals surface area (Å²) in [4.78, 5) is 5.80. The largest absolute Gasteiger partial charge is 0.444 e. The van der Waals surface area contributed by atoms with Crippen molar-refractivity contribution in [2.24, 2.45) is 0 Å². The van der Waals surface area contributed by atoms with Crippen LogP contribution in [-0.2, 0) is 19.7 Å². The van der Waals surface area contributed by atoms with E-state index in [0.29, 0.717) is 6.42 Å². The fourth-order valence-electron chi connectivity index (χ4n) is 2.10. The maximum Gasteiger partial charge on any atom is 0.444 e. The van der Waals surface area contributed by atoms with E-state index in [1.807, 2.05) is 0 Å². The van der Waals surface area contributed by atoms with Crippen molar-refractivity contribution in [3.05, 3.63) is 71.7 Å². The number of benzene rings is 2. The van der Waals surface area contributed by atoms with Crippen LogP contribution in [0.15, 0.2) is 70.5 Å². The summed E-state index contributed by atoms with van der Waals surface area (Å²) < 4.78 is 48.8. The first-order valence-electron chi connectivity index (χ1n) is 8.14. The van der Waals surface area contributed by atoms with E-state index in [1.165, 1.54) is 24.3 Å². The minimum atomic E-state index is -3.92. The minimum absolute atomic E-state index is 0.0123. The molecule has 0 aliphatic rings. The molecule has 0 fully saturated rings. The SMILES string of the molecule is [N-]=[N+]=C(SCCCSC(=[N+]=[N-])S(=O)(=O)c1ccccc1)S(=O)(=O)c1ccccc1. The van der Waals surface area contributed by atoms with Crippen LogP contribution in [0, 0.1) is 0 Å². The molecule has 0 unspecified atom stereocenters. The summed E-state index contributed by atoms with van der Waals surface area (Å²) in [5.74, 6) is 0.505. The van der Waals surface area contributed by atoms with E-state index < -0.39 is 28.4 Å². The van der Waals surface area contributed by atoms with Crippen LogP contribution in [0.1, 0.15) is 6.42 Å². The Hall–Kier alpha value is -2.20. The van der Waals surface area contributed by atoms with Crippen LogP contribution in [0.4, 0.5) is 0 Å². The molecule has 0 bridgehead atoms. The number of rotatable bonds is 6. The van der Waals surface area contributed by atoms with Gasteiger partial charge in [0.05, 0.1) is 9.79 Å². The van der Waals surface area contributed by atoms with Crippen LogP contribution in [-0.4, -0.2) is 46.7 Å². The first-order chi connectivity index (χ1) is 13.8. The van der Waals surface area contributed by atoms with E-state index in [1.54, 1.807) is 36.4 Å². The molecule has 0 atom stereocenters. The number of hydrogen-bond acceptors (Lipinski definition) is 6. The molecule has 0 saturated heterocycles. The van der Waals surface area contributed by atoms with Gasteiger partial charge in [0.15, 0.2) is 0 Å². The van der Waals surface area contributed by atoms with E-state index in [2.05, 4.69) is 9.58 Å². The molecule has 0 amide bonds. The molecular weight excluding hydrogens is 452 g/mol. The zero-order chi connectivity index (χ0) is 21.3. The third-order valence-corrected chi connectivity index (χ3v) is 10.0. The highest BCUT2D eigenvalue weighted by Gasteiger charge is 2.32. The standard InChI is InChI=1S/C17H16N4O4S4/c18-20-16(28(22,23)14-8-3-1-4-9-14)26-12-7-13-27-17(21-19)29(24,25)15-10-5-2-6-11-15/h1-6,8-11H,7,12-13H2. The Morgan fingerprint density at radius 1 is 0.690 bits per heavy atom. The van der Waals surface area contributed by atoms with Gasteiger partial charge in [-0.25, -0.2) is 16.8 Å². The lowest BCUT2D eigenvalue weighted by Crippen LogP contribution is -2.14. The molecule has 2 rings (SSSR count). The third-order valence-electron chi connectivity index (χ3n) is 3.47. The van der Waals surface area contributed by atoms with Crippen LogP contribution < -0.4 is 0 Å². The Kier molecular flexibility index (Phi) is 8.39. The van der Waals surface area contributed by atoms with Gasteiger partial charge in [-0.3, -0.25) is 0 Å². The fraction of sp³-hybridized carbons (Fsp3) is 0.176. The molecule has 0 aliphatic heterocycles. The molecular formula is C17H16N4O4S4. The molecule has 12 heteroatoms. The predicted octanol–water partition coefficient (Wildman–Crippen LogP) is 2.96. The summed E-state index contributed by atoms with van der Waals surface area (Å²) >= 11 is 1.67. The predicted molar refractivity (Wildman–Crippen MR) is 114 cm³/mol. The van der Waals surface area contributed by atoms with Crippen molar-refractivity contribution in [2.45, 2.75) is 16.2 Å². The average molecular weight is 469 g/mol. The summed E-state index contributed by atoms with van der Waals surface area (Å²) in [5.41, 5.74) is 18.2. The summed E-state index contributed by atoms with van der Waals surface area (Å²) in [6.45, 7) is 0. The third kappa shape index (κ3) is 5.89. The first kappa shape index (κ1) is 23.1. The molecule has 0 heterocycles. The zero-order valence-corrected chi connectivity index (χ0v) is 18.2. The van der Waals surface area contributed by atoms with E-state index in [-0.39, 0.29) is 21.3 Å². The summed E-state index contributed by atoms with van der Waals surface area (Å²) in [5, 5.41) is 0. The highest BCUT2D eigenvalue weighted by atomic mass is 32.3. The van der Waals surface area contributed by atoms with Gasteiger partial charge in [0, 0.05) is 11.5 Å². The van der Waals surface area contributed by atoms with Gasteiger partial charge in [0.25, 0.3) is 19.7 Å². The maximum absolute atomic E-state index is 12.4. The molecule has 0 N–H and O–H groups in total. The molecule has 152 valence electrons. The van der Waals surface area contributed by atoms with Crippen molar-refractivity contribution < 1.29 is 26.4 Å². The normalized spacial score (nSPS) is 11.3. The maximum atomic E-state index is 12.4. The van der Waals surface area contributed by atoms with Crippen molar-refractivity contribution in [3.63, 3.8) is 0 Å². The quantitative estimate of drug-likeness (QED) is 0.210. The lowest BCUT2D eigenvalue weighted by atomic mass is 10.4. The zero-order valence-electron chi connectivity index (χ0n) is 14.9. The van der Waals surface area contributed by atoms with Crippen LogP contribution in [0.5, 0.6) is 0 Å². The second-order valence-electron chi connectivity index (χ2n) is 5.42. The molecule has 0 aliphatic carbocycles. The molecule has 2 aromatic carbocycles.